The molecule has 1 aliphatic rings. The summed E-state index contributed by atoms with van der Waals surface area (Å²) in [6, 6.07) is 4.99. The zero-order valence-electron chi connectivity index (χ0n) is 12.6. The molecular weight excluding hydrogens is 287 g/mol. The summed E-state index contributed by atoms with van der Waals surface area (Å²) in [6.07, 6.45) is 2.46. The molecule has 1 aromatic carbocycles. The van der Waals surface area contributed by atoms with Gasteiger partial charge in [-0.25, -0.2) is 14.0 Å². The molecule has 0 spiro atoms. The minimum absolute atomic E-state index is 0.277. The lowest BCUT2D eigenvalue weighted by Crippen LogP contribution is -2.53. The molecule has 120 valence electrons. The summed E-state index contributed by atoms with van der Waals surface area (Å²) in [7, 11) is 0. The van der Waals surface area contributed by atoms with Gasteiger partial charge in [0.2, 0.25) is 0 Å². The third-order valence-corrected chi connectivity index (χ3v) is 3.90. The number of hydrogen-bond donors (Lipinski definition) is 2. The molecule has 0 saturated carbocycles. The summed E-state index contributed by atoms with van der Waals surface area (Å²) in [5.74, 6) is -1.28. The zero-order valence-corrected chi connectivity index (χ0v) is 12.6. The Morgan fingerprint density at radius 3 is 2.82 bits per heavy atom. The molecule has 6 heteroatoms. The number of carboxylic acids is 1. The van der Waals surface area contributed by atoms with E-state index < -0.39 is 18.0 Å². The van der Waals surface area contributed by atoms with Crippen LogP contribution in [0.5, 0.6) is 0 Å². The molecule has 2 atom stereocenters. The molecule has 1 aliphatic heterocycles. The first-order chi connectivity index (χ1) is 10.5. The molecule has 1 fully saturated rings. The van der Waals surface area contributed by atoms with Gasteiger partial charge in [0.15, 0.2) is 0 Å². The molecule has 0 aromatic heterocycles. The summed E-state index contributed by atoms with van der Waals surface area (Å²) >= 11 is 0. The molecule has 22 heavy (non-hydrogen) atoms. The highest BCUT2D eigenvalue weighted by atomic mass is 19.1. The number of nitrogens with one attached hydrogen (secondary N) is 1. The van der Waals surface area contributed by atoms with Gasteiger partial charge in [-0.15, -0.1) is 0 Å². The number of carbonyl (C=O) groups is 2. The van der Waals surface area contributed by atoms with Crippen LogP contribution in [0.25, 0.3) is 0 Å². The Balaban J connectivity index is 1.95. The second kappa shape index (κ2) is 7.24. The molecule has 0 bridgehead atoms. The van der Waals surface area contributed by atoms with E-state index >= 15 is 0 Å². The molecule has 1 aromatic rings. The lowest BCUT2D eigenvalue weighted by atomic mass is 10.0. The maximum Gasteiger partial charge on any atom is 0.326 e. The van der Waals surface area contributed by atoms with E-state index in [0.717, 1.165) is 12.8 Å². The van der Waals surface area contributed by atoms with Crippen molar-refractivity contribution < 1.29 is 19.1 Å². The fourth-order valence-corrected chi connectivity index (χ4v) is 2.77. The van der Waals surface area contributed by atoms with Gasteiger partial charge in [0.1, 0.15) is 11.9 Å². The molecule has 2 N–H and O–H groups in total. The number of benzene rings is 1. The number of urea groups is 1. The van der Waals surface area contributed by atoms with E-state index in [4.69, 9.17) is 0 Å². The van der Waals surface area contributed by atoms with Crippen molar-refractivity contribution in [2.75, 3.05) is 6.54 Å². The quantitative estimate of drug-likeness (QED) is 0.897. The largest absolute Gasteiger partial charge is 0.480 e. The van der Waals surface area contributed by atoms with Gasteiger partial charge in [-0.05, 0) is 44.2 Å². The van der Waals surface area contributed by atoms with E-state index in [1.807, 2.05) is 0 Å². The van der Waals surface area contributed by atoms with Crippen molar-refractivity contribution in [3.63, 3.8) is 0 Å². The average molecular weight is 308 g/mol. The van der Waals surface area contributed by atoms with E-state index in [2.05, 4.69) is 5.32 Å². The normalized spacial score (nSPS) is 19.5. The molecule has 2 rings (SSSR count). The van der Waals surface area contributed by atoms with Crippen molar-refractivity contribution in [1.29, 1.82) is 0 Å². The Kier molecular flexibility index (Phi) is 5.35. The SMILES string of the molecule is CC(Cc1ccccc1F)NC(=O)N1CCCC[C@@H]1C(=O)O. The average Bonchev–Trinajstić information content (AvgIpc) is 2.49. The van der Waals surface area contributed by atoms with Gasteiger partial charge in [-0.3, -0.25) is 0 Å². The van der Waals surface area contributed by atoms with Crippen molar-refractivity contribution in [1.82, 2.24) is 10.2 Å². The molecule has 0 radical (unpaired) electrons. The summed E-state index contributed by atoms with van der Waals surface area (Å²) in [6.45, 7) is 2.22. The number of likely N-dealkylation sites (tertiary alicyclic amines) is 1. The monoisotopic (exact) mass is 308 g/mol. The number of piperidine rings is 1. The maximum absolute atomic E-state index is 13.6. The highest BCUT2D eigenvalue weighted by Crippen LogP contribution is 2.17. The second-order valence-electron chi connectivity index (χ2n) is 5.69. The van der Waals surface area contributed by atoms with Crippen LogP contribution in [0.4, 0.5) is 9.18 Å². The summed E-state index contributed by atoms with van der Waals surface area (Å²) in [4.78, 5) is 24.8. The molecular formula is C16H21FN2O3. The first-order valence-corrected chi connectivity index (χ1v) is 7.52. The van der Waals surface area contributed by atoms with Crippen LogP contribution in [0.15, 0.2) is 24.3 Å². The van der Waals surface area contributed by atoms with Gasteiger partial charge in [0.25, 0.3) is 0 Å². The Morgan fingerprint density at radius 1 is 1.41 bits per heavy atom. The number of nitrogens with zero attached hydrogens (tertiary/aromatic N) is 1. The third-order valence-electron chi connectivity index (χ3n) is 3.90. The van der Waals surface area contributed by atoms with E-state index in [0.29, 0.717) is 24.9 Å². The van der Waals surface area contributed by atoms with Crippen LogP contribution >= 0.6 is 0 Å². The Morgan fingerprint density at radius 2 is 2.14 bits per heavy atom. The van der Waals surface area contributed by atoms with Crippen LogP contribution in [-0.4, -0.2) is 40.6 Å². The van der Waals surface area contributed by atoms with Crippen molar-refractivity contribution >= 4 is 12.0 Å². The van der Waals surface area contributed by atoms with Gasteiger partial charge < -0.3 is 15.3 Å². The minimum Gasteiger partial charge on any atom is -0.480 e. The number of hydrogen-bond acceptors (Lipinski definition) is 2. The Hall–Kier alpha value is -2.11. The highest BCUT2D eigenvalue weighted by molar-refractivity contribution is 5.83. The van der Waals surface area contributed by atoms with Crippen molar-refractivity contribution in [2.45, 2.75) is 44.7 Å². The van der Waals surface area contributed by atoms with Crippen LogP contribution in [-0.2, 0) is 11.2 Å². The fourth-order valence-electron chi connectivity index (χ4n) is 2.77. The van der Waals surface area contributed by atoms with Crippen LogP contribution in [0.1, 0.15) is 31.7 Å². The first kappa shape index (κ1) is 16.3. The highest BCUT2D eigenvalue weighted by Gasteiger charge is 2.32. The van der Waals surface area contributed by atoms with Crippen molar-refractivity contribution in [2.24, 2.45) is 0 Å². The van der Waals surface area contributed by atoms with Crippen LogP contribution in [0.3, 0.4) is 0 Å². The Bertz CT molecular complexity index is 550. The third kappa shape index (κ3) is 3.96. The molecule has 5 nitrogen and oxygen atoms in total. The van der Waals surface area contributed by atoms with E-state index in [1.165, 1.54) is 11.0 Å². The van der Waals surface area contributed by atoms with Gasteiger partial charge in [-0.2, -0.15) is 0 Å². The lowest BCUT2D eigenvalue weighted by molar-refractivity contribution is -0.143. The predicted octanol–water partition coefficient (Wildman–Crippen LogP) is 2.41. The van der Waals surface area contributed by atoms with Crippen LogP contribution < -0.4 is 5.32 Å². The summed E-state index contributed by atoms with van der Waals surface area (Å²) < 4.78 is 13.6. The number of rotatable bonds is 4. The summed E-state index contributed by atoms with van der Waals surface area (Å²) in [5.41, 5.74) is 0.531. The second-order valence-corrected chi connectivity index (χ2v) is 5.69. The zero-order chi connectivity index (χ0) is 16.1. The number of halogens is 1. The van der Waals surface area contributed by atoms with Crippen LogP contribution in [0.2, 0.25) is 0 Å². The number of amides is 2. The van der Waals surface area contributed by atoms with E-state index in [1.54, 1.807) is 25.1 Å². The smallest absolute Gasteiger partial charge is 0.326 e. The summed E-state index contributed by atoms with van der Waals surface area (Å²) in [5, 5.41) is 12.0. The Labute approximate surface area is 129 Å². The van der Waals surface area contributed by atoms with Gasteiger partial charge in [0.05, 0.1) is 0 Å². The fraction of sp³-hybridized carbons (Fsp3) is 0.500. The number of carboxylic acid groups (broad SMARTS) is 1. The number of carbonyl (C=O) groups excluding carboxylic acids is 1. The van der Waals surface area contributed by atoms with Gasteiger partial charge in [0, 0.05) is 12.6 Å². The van der Waals surface area contributed by atoms with E-state index in [9.17, 15) is 19.1 Å². The molecule has 1 unspecified atom stereocenters. The van der Waals surface area contributed by atoms with Crippen molar-refractivity contribution in [3.8, 4) is 0 Å². The number of aliphatic carboxylic acids is 1. The minimum atomic E-state index is -0.975. The van der Waals surface area contributed by atoms with Crippen molar-refractivity contribution in [3.05, 3.63) is 35.6 Å². The van der Waals surface area contributed by atoms with E-state index in [-0.39, 0.29) is 11.9 Å². The first-order valence-electron chi connectivity index (χ1n) is 7.52. The standard InChI is InChI=1S/C16H21FN2O3/c1-11(10-12-6-2-3-7-13(12)17)18-16(22)19-9-5-4-8-14(19)15(20)21/h2-3,6-7,11,14H,4-5,8-10H2,1H3,(H,18,22)(H,20,21)/t11?,14-/m1/s1. The maximum atomic E-state index is 13.6. The molecule has 1 heterocycles. The molecule has 1 saturated heterocycles. The lowest BCUT2D eigenvalue weighted by Gasteiger charge is -2.33. The molecule has 0 aliphatic carbocycles. The predicted molar refractivity (Wildman–Crippen MR) is 80.1 cm³/mol. The van der Waals surface area contributed by atoms with Gasteiger partial charge in [-0.1, -0.05) is 18.2 Å². The molecule has 2 amide bonds. The topological polar surface area (TPSA) is 69.6 Å². The van der Waals surface area contributed by atoms with Crippen LogP contribution in [0, 0.1) is 5.82 Å². The van der Waals surface area contributed by atoms with Gasteiger partial charge >= 0.3 is 12.0 Å².